The summed E-state index contributed by atoms with van der Waals surface area (Å²) in [5.41, 5.74) is 3.15. The van der Waals surface area contributed by atoms with Crippen molar-refractivity contribution in [3.8, 4) is 11.5 Å². The van der Waals surface area contributed by atoms with Gasteiger partial charge in [0.15, 0.2) is 11.5 Å². The van der Waals surface area contributed by atoms with Crippen LogP contribution in [0.2, 0.25) is 5.02 Å². The van der Waals surface area contributed by atoms with Gasteiger partial charge in [0.2, 0.25) is 5.91 Å². The number of carbonyl (C=O) groups excluding carboxylic acids is 1. The highest BCUT2D eigenvalue weighted by Gasteiger charge is 2.17. The van der Waals surface area contributed by atoms with Gasteiger partial charge in [-0.05, 0) is 28.8 Å². The molecule has 2 aromatic rings. The van der Waals surface area contributed by atoms with Crippen molar-refractivity contribution in [3.05, 3.63) is 58.1 Å². The molecule has 1 saturated heterocycles. The van der Waals surface area contributed by atoms with Gasteiger partial charge in [0.25, 0.3) is 0 Å². The topological polar surface area (TPSA) is 60.0 Å². The summed E-state index contributed by atoms with van der Waals surface area (Å²) in [4.78, 5) is 14.9. The van der Waals surface area contributed by atoms with E-state index in [0.717, 1.165) is 50.4 Å². The first-order valence-corrected chi connectivity index (χ1v) is 10.8. The molecule has 7 heteroatoms. The minimum absolute atomic E-state index is 0.0564. The molecular weight excluding hydrogens is 404 g/mol. The molecule has 1 fully saturated rings. The molecule has 0 atom stereocenters. The van der Waals surface area contributed by atoms with Crippen molar-refractivity contribution in [2.24, 2.45) is 0 Å². The van der Waals surface area contributed by atoms with Gasteiger partial charge in [0.05, 0.1) is 37.9 Å². The summed E-state index contributed by atoms with van der Waals surface area (Å²) in [6.07, 6.45) is 1.05. The fourth-order valence-electron chi connectivity index (χ4n) is 3.69. The Morgan fingerprint density at radius 2 is 1.80 bits per heavy atom. The Balaban J connectivity index is 1.32. The van der Waals surface area contributed by atoms with Gasteiger partial charge in [-0.25, -0.2) is 0 Å². The Labute approximate surface area is 182 Å². The van der Waals surface area contributed by atoms with Crippen LogP contribution in [0.1, 0.15) is 23.1 Å². The van der Waals surface area contributed by atoms with Crippen LogP contribution in [-0.4, -0.2) is 50.3 Å². The van der Waals surface area contributed by atoms with E-state index in [-0.39, 0.29) is 12.3 Å². The average molecular weight is 431 g/mol. The van der Waals surface area contributed by atoms with Gasteiger partial charge in [0.1, 0.15) is 0 Å². The van der Waals surface area contributed by atoms with E-state index in [4.69, 9.17) is 25.8 Å². The summed E-state index contributed by atoms with van der Waals surface area (Å²) in [5.74, 6) is 1.12. The van der Waals surface area contributed by atoms with Crippen LogP contribution in [0.25, 0.3) is 0 Å². The minimum atomic E-state index is -0.0564. The second-order valence-corrected chi connectivity index (χ2v) is 8.02. The SMILES string of the molecule is O=C(Cc1cc(Cl)c2c(c1)OCCCO2)NCc1cccc(CN2CCOCC2)c1. The van der Waals surface area contributed by atoms with Crippen molar-refractivity contribution in [2.75, 3.05) is 39.5 Å². The Morgan fingerprint density at radius 1 is 1.00 bits per heavy atom. The Bertz CT molecular complexity index is 884. The first-order chi connectivity index (χ1) is 14.7. The molecule has 0 radical (unpaired) electrons. The highest BCUT2D eigenvalue weighted by molar-refractivity contribution is 6.32. The standard InChI is InChI=1S/C23H27ClN2O4/c24-20-12-19(13-21-23(20)30-8-2-7-29-21)14-22(27)25-15-17-3-1-4-18(11-17)16-26-5-9-28-10-6-26/h1,3-4,11-13H,2,5-10,14-16H2,(H,25,27). The maximum Gasteiger partial charge on any atom is 0.224 e. The molecule has 0 unspecified atom stereocenters. The number of hydrogen-bond donors (Lipinski definition) is 1. The lowest BCUT2D eigenvalue weighted by atomic mass is 10.1. The maximum atomic E-state index is 12.5. The van der Waals surface area contributed by atoms with E-state index in [9.17, 15) is 4.79 Å². The van der Waals surface area contributed by atoms with E-state index in [1.54, 1.807) is 6.07 Å². The van der Waals surface area contributed by atoms with Crippen LogP contribution in [0.15, 0.2) is 36.4 Å². The maximum absolute atomic E-state index is 12.5. The molecule has 0 spiro atoms. The number of fused-ring (bicyclic) bond motifs is 1. The summed E-state index contributed by atoms with van der Waals surface area (Å²) >= 11 is 6.33. The van der Waals surface area contributed by atoms with Crippen molar-refractivity contribution >= 4 is 17.5 Å². The molecule has 4 rings (SSSR count). The molecule has 30 heavy (non-hydrogen) atoms. The molecule has 0 aliphatic carbocycles. The highest BCUT2D eigenvalue weighted by Crippen LogP contribution is 2.38. The number of morpholine rings is 1. The van der Waals surface area contributed by atoms with E-state index < -0.39 is 0 Å². The molecular formula is C23H27ClN2O4. The van der Waals surface area contributed by atoms with E-state index in [1.807, 2.05) is 18.2 Å². The predicted octanol–water partition coefficient (Wildman–Crippen LogP) is 3.19. The third kappa shape index (κ3) is 5.65. The van der Waals surface area contributed by atoms with Gasteiger partial charge in [0, 0.05) is 32.6 Å². The van der Waals surface area contributed by atoms with Crippen molar-refractivity contribution in [2.45, 2.75) is 25.9 Å². The Kier molecular flexibility index (Phi) is 7.10. The molecule has 0 bridgehead atoms. The summed E-state index contributed by atoms with van der Waals surface area (Å²) in [6, 6.07) is 12.0. The number of carbonyl (C=O) groups is 1. The lowest BCUT2D eigenvalue weighted by Gasteiger charge is -2.26. The van der Waals surface area contributed by atoms with E-state index >= 15 is 0 Å². The number of halogens is 1. The quantitative estimate of drug-likeness (QED) is 0.762. The van der Waals surface area contributed by atoms with Crippen LogP contribution in [-0.2, 0) is 29.0 Å². The van der Waals surface area contributed by atoms with Crippen molar-refractivity contribution in [1.29, 1.82) is 0 Å². The number of hydrogen-bond acceptors (Lipinski definition) is 5. The van der Waals surface area contributed by atoms with Crippen LogP contribution >= 0.6 is 11.6 Å². The highest BCUT2D eigenvalue weighted by atomic mass is 35.5. The Hall–Kier alpha value is -2.28. The molecule has 2 heterocycles. The molecule has 2 aliphatic rings. The molecule has 2 aromatic carbocycles. The average Bonchev–Trinajstić information content (AvgIpc) is 2.99. The van der Waals surface area contributed by atoms with Gasteiger partial charge in [-0.3, -0.25) is 9.69 Å². The zero-order valence-corrected chi connectivity index (χ0v) is 17.7. The summed E-state index contributed by atoms with van der Waals surface area (Å²) in [5, 5.41) is 3.48. The molecule has 0 aromatic heterocycles. The lowest BCUT2D eigenvalue weighted by Crippen LogP contribution is -2.35. The second-order valence-electron chi connectivity index (χ2n) is 7.62. The lowest BCUT2D eigenvalue weighted by molar-refractivity contribution is -0.120. The van der Waals surface area contributed by atoms with E-state index in [2.05, 4.69) is 22.3 Å². The molecule has 1 N–H and O–H groups in total. The Morgan fingerprint density at radius 3 is 2.67 bits per heavy atom. The zero-order valence-electron chi connectivity index (χ0n) is 17.0. The summed E-state index contributed by atoms with van der Waals surface area (Å²) in [6.45, 7) is 6.06. The van der Waals surface area contributed by atoms with Crippen LogP contribution in [0, 0.1) is 0 Å². The van der Waals surface area contributed by atoms with Crippen LogP contribution in [0.5, 0.6) is 11.5 Å². The number of nitrogens with zero attached hydrogens (tertiary/aromatic N) is 1. The van der Waals surface area contributed by atoms with Crippen molar-refractivity contribution < 1.29 is 19.0 Å². The van der Waals surface area contributed by atoms with E-state index in [1.165, 1.54) is 5.56 Å². The largest absolute Gasteiger partial charge is 0.489 e. The first-order valence-electron chi connectivity index (χ1n) is 10.4. The predicted molar refractivity (Wildman–Crippen MR) is 115 cm³/mol. The summed E-state index contributed by atoms with van der Waals surface area (Å²) in [7, 11) is 0. The molecule has 2 aliphatic heterocycles. The fourth-order valence-corrected chi connectivity index (χ4v) is 3.98. The number of rotatable bonds is 6. The normalized spacial score (nSPS) is 16.7. The van der Waals surface area contributed by atoms with Gasteiger partial charge in [-0.15, -0.1) is 0 Å². The van der Waals surface area contributed by atoms with Gasteiger partial charge in [-0.2, -0.15) is 0 Å². The van der Waals surface area contributed by atoms with Crippen molar-refractivity contribution in [3.63, 3.8) is 0 Å². The second kappa shape index (κ2) is 10.2. The van der Waals surface area contributed by atoms with Crippen molar-refractivity contribution in [1.82, 2.24) is 10.2 Å². The van der Waals surface area contributed by atoms with Crippen LogP contribution in [0.4, 0.5) is 0 Å². The van der Waals surface area contributed by atoms with Crippen LogP contribution in [0.3, 0.4) is 0 Å². The third-order valence-electron chi connectivity index (χ3n) is 5.22. The van der Waals surface area contributed by atoms with Gasteiger partial charge in [-0.1, -0.05) is 35.9 Å². The number of amides is 1. The molecule has 6 nitrogen and oxygen atoms in total. The van der Waals surface area contributed by atoms with Crippen LogP contribution < -0.4 is 14.8 Å². The first kappa shape index (κ1) is 21.0. The summed E-state index contributed by atoms with van der Waals surface area (Å²) < 4.78 is 16.8. The number of nitrogens with one attached hydrogen (secondary N) is 1. The third-order valence-corrected chi connectivity index (χ3v) is 5.50. The monoisotopic (exact) mass is 430 g/mol. The van der Waals surface area contributed by atoms with Gasteiger partial charge < -0.3 is 19.5 Å². The molecule has 1 amide bonds. The molecule has 0 saturated carbocycles. The molecule has 160 valence electrons. The smallest absolute Gasteiger partial charge is 0.224 e. The fraction of sp³-hybridized carbons (Fsp3) is 0.435. The minimum Gasteiger partial charge on any atom is -0.489 e. The van der Waals surface area contributed by atoms with E-state index in [0.29, 0.717) is 36.3 Å². The van der Waals surface area contributed by atoms with Gasteiger partial charge >= 0.3 is 0 Å². The number of ether oxygens (including phenoxy) is 3. The zero-order chi connectivity index (χ0) is 20.8. The number of benzene rings is 2.